The molecule has 1 fully saturated rings. The molecule has 0 N–H and O–H groups in total. The first-order chi connectivity index (χ1) is 10.9. The fourth-order valence-corrected chi connectivity index (χ4v) is 3.79. The van der Waals surface area contributed by atoms with Crippen molar-refractivity contribution in [1.82, 2.24) is 9.88 Å². The van der Waals surface area contributed by atoms with Crippen molar-refractivity contribution in [3.63, 3.8) is 0 Å². The molecular weight excluding hydrogens is 329 g/mol. The number of piperidine rings is 1. The van der Waals surface area contributed by atoms with Crippen LogP contribution in [0.25, 0.3) is 0 Å². The highest BCUT2D eigenvalue weighted by atomic mass is 32.1. The Morgan fingerprint density at radius 3 is 2.87 bits per heavy atom. The van der Waals surface area contributed by atoms with Gasteiger partial charge in [-0.05, 0) is 31.8 Å². The average molecular weight is 346 g/mol. The zero-order valence-electron chi connectivity index (χ0n) is 12.4. The molecule has 0 aliphatic carbocycles. The van der Waals surface area contributed by atoms with E-state index >= 15 is 0 Å². The Morgan fingerprint density at radius 2 is 2.22 bits per heavy atom. The van der Waals surface area contributed by atoms with Crippen molar-refractivity contribution in [2.24, 2.45) is 0 Å². The van der Waals surface area contributed by atoms with Crippen LogP contribution in [0.4, 0.5) is 13.2 Å². The molecule has 4 nitrogen and oxygen atoms in total. The highest BCUT2D eigenvalue weighted by Gasteiger charge is 2.36. The van der Waals surface area contributed by atoms with Crippen LogP contribution < -0.4 is 0 Å². The SMILES string of the molecule is O=C(C1=CCCCO1)N1CCC[C@@H](c2nc(C(F)(F)F)cs2)C1. The van der Waals surface area contributed by atoms with Crippen LogP contribution in [0.3, 0.4) is 0 Å². The van der Waals surface area contributed by atoms with Gasteiger partial charge in [0.15, 0.2) is 11.5 Å². The number of aromatic nitrogens is 1. The van der Waals surface area contributed by atoms with Gasteiger partial charge < -0.3 is 9.64 Å². The van der Waals surface area contributed by atoms with Crippen molar-refractivity contribution in [3.8, 4) is 0 Å². The first-order valence-corrected chi connectivity index (χ1v) is 8.48. The minimum Gasteiger partial charge on any atom is -0.488 e. The number of nitrogens with zero attached hydrogens (tertiary/aromatic N) is 2. The van der Waals surface area contributed by atoms with E-state index in [9.17, 15) is 18.0 Å². The molecule has 3 rings (SSSR count). The Balaban J connectivity index is 1.69. The van der Waals surface area contributed by atoms with Crippen molar-refractivity contribution >= 4 is 17.2 Å². The predicted molar refractivity (Wildman–Crippen MR) is 78.9 cm³/mol. The summed E-state index contributed by atoms with van der Waals surface area (Å²) in [5.41, 5.74) is -0.848. The molecule has 0 spiro atoms. The van der Waals surface area contributed by atoms with Gasteiger partial charge in [-0.25, -0.2) is 4.98 Å². The highest BCUT2D eigenvalue weighted by Crippen LogP contribution is 2.35. The Hall–Kier alpha value is -1.57. The van der Waals surface area contributed by atoms with E-state index in [1.54, 1.807) is 11.0 Å². The van der Waals surface area contributed by atoms with Gasteiger partial charge in [0.2, 0.25) is 0 Å². The summed E-state index contributed by atoms with van der Waals surface area (Å²) in [6, 6.07) is 0. The number of alkyl halides is 3. The van der Waals surface area contributed by atoms with E-state index in [-0.39, 0.29) is 11.8 Å². The zero-order chi connectivity index (χ0) is 16.4. The number of amides is 1. The van der Waals surface area contributed by atoms with E-state index in [1.165, 1.54) is 0 Å². The monoisotopic (exact) mass is 346 g/mol. The number of thiazole rings is 1. The summed E-state index contributed by atoms with van der Waals surface area (Å²) in [4.78, 5) is 17.8. The number of hydrogen-bond donors (Lipinski definition) is 0. The molecule has 0 aromatic carbocycles. The molecule has 2 aliphatic rings. The minimum atomic E-state index is -4.42. The molecule has 3 heterocycles. The van der Waals surface area contributed by atoms with Crippen LogP contribution in [-0.2, 0) is 15.7 Å². The number of ether oxygens (including phenoxy) is 1. The van der Waals surface area contributed by atoms with Crippen molar-refractivity contribution in [1.29, 1.82) is 0 Å². The first-order valence-electron chi connectivity index (χ1n) is 7.60. The van der Waals surface area contributed by atoms with E-state index in [0.717, 1.165) is 42.4 Å². The van der Waals surface area contributed by atoms with Crippen LogP contribution in [-0.4, -0.2) is 35.5 Å². The molecule has 1 atom stereocenters. The maximum absolute atomic E-state index is 12.7. The van der Waals surface area contributed by atoms with Gasteiger partial charge in [-0.2, -0.15) is 13.2 Å². The Labute approximate surface area is 136 Å². The van der Waals surface area contributed by atoms with Crippen molar-refractivity contribution in [2.45, 2.75) is 37.8 Å². The Bertz CT molecular complexity index is 612. The van der Waals surface area contributed by atoms with Crippen LogP contribution in [0.2, 0.25) is 0 Å². The lowest BCUT2D eigenvalue weighted by Crippen LogP contribution is -2.40. The molecule has 23 heavy (non-hydrogen) atoms. The van der Waals surface area contributed by atoms with Gasteiger partial charge in [-0.15, -0.1) is 11.3 Å². The second-order valence-electron chi connectivity index (χ2n) is 5.72. The third kappa shape index (κ3) is 3.68. The molecule has 1 aromatic rings. The van der Waals surface area contributed by atoms with Gasteiger partial charge in [0.1, 0.15) is 0 Å². The van der Waals surface area contributed by atoms with Crippen LogP contribution in [0.15, 0.2) is 17.2 Å². The first kappa shape index (κ1) is 16.3. The maximum atomic E-state index is 12.7. The van der Waals surface area contributed by atoms with Gasteiger partial charge in [-0.1, -0.05) is 0 Å². The summed E-state index contributed by atoms with van der Waals surface area (Å²) in [7, 11) is 0. The number of allylic oxidation sites excluding steroid dienone is 1. The maximum Gasteiger partial charge on any atom is 0.434 e. The summed E-state index contributed by atoms with van der Waals surface area (Å²) in [6.45, 7) is 1.54. The number of carbonyl (C=O) groups excluding carboxylic acids is 1. The number of hydrogen-bond acceptors (Lipinski definition) is 4. The molecule has 1 aromatic heterocycles. The molecule has 2 aliphatic heterocycles. The Morgan fingerprint density at radius 1 is 1.39 bits per heavy atom. The lowest BCUT2D eigenvalue weighted by Gasteiger charge is -2.32. The van der Waals surface area contributed by atoms with Gasteiger partial charge in [0, 0.05) is 24.4 Å². The van der Waals surface area contributed by atoms with Gasteiger partial charge in [-0.3, -0.25) is 4.79 Å². The topological polar surface area (TPSA) is 42.4 Å². The molecule has 1 amide bonds. The van der Waals surface area contributed by atoms with Crippen LogP contribution in [0.5, 0.6) is 0 Å². The summed E-state index contributed by atoms with van der Waals surface area (Å²) >= 11 is 1.02. The molecule has 8 heteroatoms. The summed E-state index contributed by atoms with van der Waals surface area (Å²) in [5.74, 6) is 0.0620. The van der Waals surface area contributed by atoms with E-state index in [4.69, 9.17) is 4.74 Å². The predicted octanol–water partition coefficient (Wildman–Crippen LogP) is 3.56. The van der Waals surface area contributed by atoms with Gasteiger partial charge in [0.05, 0.1) is 11.6 Å². The van der Waals surface area contributed by atoms with E-state index in [2.05, 4.69) is 4.98 Å². The van der Waals surface area contributed by atoms with E-state index in [1.807, 2.05) is 0 Å². The zero-order valence-corrected chi connectivity index (χ0v) is 13.3. The summed E-state index contributed by atoms with van der Waals surface area (Å²) < 4.78 is 43.4. The molecule has 0 radical (unpaired) electrons. The number of carbonyl (C=O) groups is 1. The molecule has 1 saturated heterocycles. The number of rotatable bonds is 2. The second-order valence-corrected chi connectivity index (χ2v) is 6.61. The van der Waals surface area contributed by atoms with Gasteiger partial charge >= 0.3 is 6.18 Å². The molecule has 0 unspecified atom stereocenters. The quantitative estimate of drug-likeness (QED) is 0.822. The lowest BCUT2D eigenvalue weighted by atomic mass is 9.98. The van der Waals surface area contributed by atoms with E-state index < -0.39 is 11.9 Å². The number of likely N-dealkylation sites (tertiary alicyclic amines) is 1. The van der Waals surface area contributed by atoms with Crippen molar-refractivity contribution < 1.29 is 22.7 Å². The molecule has 0 saturated carbocycles. The normalized spacial score (nSPS) is 22.5. The molecular formula is C15H17F3N2O2S. The smallest absolute Gasteiger partial charge is 0.434 e. The summed E-state index contributed by atoms with van der Waals surface area (Å²) in [6.07, 6.45) is 0.595. The third-order valence-electron chi connectivity index (χ3n) is 4.02. The lowest BCUT2D eigenvalue weighted by molar-refractivity contribution is -0.141. The number of halogens is 3. The van der Waals surface area contributed by atoms with Crippen molar-refractivity contribution in [3.05, 3.63) is 27.9 Å². The highest BCUT2D eigenvalue weighted by molar-refractivity contribution is 7.09. The largest absolute Gasteiger partial charge is 0.488 e. The molecule has 126 valence electrons. The average Bonchev–Trinajstić information content (AvgIpc) is 3.05. The second kappa shape index (κ2) is 6.51. The fraction of sp³-hybridized carbons (Fsp3) is 0.600. The van der Waals surface area contributed by atoms with Gasteiger partial charge in [0.25, 0.3) is 5.91 Å². The standard InChI is InChI=1S/C15H17F3N2O2S/c16-15(17,18)12-9-23-13(19-12)10-4-3-6-20(8-10)14(21)11-5-1-2-7-22-11/h5,9-10H,1-4,6-8H2/t10-/m1/s1. The van der Waals surface area contributed by atoms with Crippen LogP contribution >= 0.6 is 11.3 Å². The molecule has 0 bridgehead atoms. The fourth-order valence-electron chi connectivity index (χ4n) is 2.83. The van der Waals surface area contributed by atoms with E-state index in [0.29, 0.717) is 30.5 Å². The summed E-state index contributed by atoms with van der Waals surface area (Å²) in [5, 5.41) is 1.50. The Kier molecular flexibility index (Phi) is 4.61. The minimum absolute atomic E-state index is 0.141. The third-order valence-corrected chi connectivity index (χ3v) is 5.02. The van der Waals surface area contributed by atoms with Crippen LogP contribution in [0, 0.1) is 0 Å². The van der Waals surface area contributed by atoms with Crippen LogP contribution in [0.1, 0.15) is 42.3 Å². The van der Waals surface area contributed by atoms with Crippen molar-refractivity contribution in [2.75, 3.05) is 19.7 Å².